The van der Waals surface area contributed by atoms with Crippen molar-refractivity contribution in [2.24, 2.45) is 0 Å². The Bertz CT molecular complexity index is 2270. The second kappa shape index (κ2) is 9.89. The first-order chi connectivity index (χ1) is 21.8. The first-order valence-electron chi connectivity index (χ1n) is 14.9. The predicted molar refractivity (Wildman–Crippen MR) is 178 cm³/mol. The lowest BCUT2D eigenvalue weighted by molar-refractivity contribution is 0.546. The summed E-state index contributed by atoms with van der Waals surface area (Å²) in [6.45, 7) is 0. The number of benzene rings is 5. The number of furan rings is 1. The predicted octanol–water partition coefficient (Wildman–Crippen LogP) is 9.67. The molecule has 1 aliphatic rings. The van der Waals surface area contributed by atoms with Crippen molar-refractivity contribution in [3.63, 3.8) is 0 Å². The molecule has 0 unspecified atom stereocenters. The summed E-state index contributed by atoms with van der Waals surface area (Å²) < 4.78 is 8.92. The van der Waals surface area contributed by atoms with Crippen molar-refractivity contribution in [3.05, 3.63) is 139 Å². The quantitative estimate of drug-likeness (QED) is 0.213. The van der Waals surface area contributed by atoms with Crippen molar-refractivity contribution in [2.75, 3.05) is 0 Å². The molecule has 0 amide bonds. The van der Waals surface area contributed by atoms with Crippen molar-refractivity contribution in [1.82, 2.24) is 19.5 Å². The molecule has 0 atom stereocenters. The summed E-state index contributed by atoms with van der Waals surface area (Å²) in [6.07, 6.45) is 4.05. The topological polar surface area (TPSA) is 56.7 Å². The van der Waals surface area contributed by atoms with Crippen molar-refractivity contribution in [3.8, 4) is 34.2 Å². The average molecular weight is 567 g/mol. The van der Waals surface area contributed by atoms with Gasteiger partial charge in [0.1, 0.15) is 11.3 Å². The molecule has 208 valence electrons. The normalized spacial score (nSPS) is 13.0. The Kier molecular flexibility index (Phi) is 5.56. The van der Waals surface area contributed by atoms with Crippen LogP contribution in [0.3, 0.4) is 0 Å². The maximum absolute atomic E-state index is 6.50. The average Bonchev–Trinajstić information content (AvgIpc) is 3.64. The second-order valence-corrected chi connectivity index (χ2v) is 11.2. The first kappa shape index (κ1) is 24.8. The summed E-state index contributed by atoms with van der Waals surface area (Å²) in [5.41, 5.74) is 8.53. The largest absolute Gasteiger partial charge is 0.460 e. The number of allylic oxidation sites excluding steroid dienone is 1. The van der Waals surface area contributed by atoms with Crippen LogP contribution in [-0.2, 0) is 6.42 Å². The van der Waals surface area contributed by atoms with Gasteiger partial charge >= 0.3 is 0 Å². The number of fused-ring (bicyclic) bond motifs is 6. The Morgan fingerprint density at radius 3 is 1.66 bits per heavy atom. The highest BCUT2D eigenvalue weighted by Gasteiger charge is 2.22. The minimum atomic E-state index is 0.621. The molecular formula is C39H26N4O. The minimum Gasteiger partial charge on any atom is -0.460 e. The van der Waals surface area contributed by atoms with E-state index in [0.717, 1.165) is 51.8 Å². The van der Waals surface area contributed by atoms with Gasteiger partial charge in [-0.1, -0.05) is 103 Å². The van der Waals surface area contributed by atoms with E-state index in [-0.39, 0.29) is 0 Å². The molecule has 8 aromatic rings. The van der Waals surface area contributed by atoms with Crippen molar-refractivity contribution in [2.45, 2.75) is 12.8 Å². The van der Waals surface area contributed by atoms with Gasteiger partial charge in [0, 0.05) is 50.5 Å². The Morgan fingerprint density at radius 2 is 1.05 bits per heavy atom. The van der Waals surface area contributed by atoms with E-state index in [1.807, 2.05) is 60.7 Å². The van der Waals surface area contributed by atoms with Gasteiger partial charge in [0.15, 0.2) is 17.5 Å². The highest BCUT2D eigenvalue weighted by atomic mass is 16.3. The molecular weight excluding hydrogens is 540 g/mol. The molecule has 0 bridgehead atoms. The van der Waals surface area contributed by atoms with Gasteiger partial charge in [-0.15, -0.1) is 0 Å². The van der Waals surface area contributed by atoms with Crippen molar-refractivity contribution < 1.29 is 4.42 Å². The van der Waals surface area contributed by atoms with Crippen LogP contribution in [0.5, 0.6) is 0 Å². The zero-order valence-electron chi connectivity index (χ0n) is 23.8. The summed E-state index contributed by atoms with van der Waals surface area (Å²) in [6, 6.07) is 43.8. The third kappa shape index (κ3) is 3.97. The van der Waals surface area contributed by atoms with Crippen LogP contribution in [0.2, 0.25) is 0 Å². The van der Waals surface area contributed by atoms with Gasteiger partial charge in [0.25, 0.3) is 0 Å². The summed E-state index contributed by atoms with van der Waals surface area (Å²) in [5, 5.41) is 3.65. The standard InChI is InChI=1S/C39H26N4O/c1-3-11-25(12-4-1)37-40-38(26-13-5-2-6-14-26)42-39(41-37)27-19-21-31-32-24-28(20-22-35(32)44-36(31)23-27)43-33-17-9-7-15-29(33)30-16-8-10-18-34(30)43/h1-19,21,23-24H,20,22H2. The molecule has 3 heterocycles. The van der Waals surface area contributed by atoms with E-state index in [1.165, 1.54) is 27.5 Å². The summed E-state index contributed by atoms with van der Waals surface area (Å²) >= 11 is 0. The Hall–Kier alpha value is -5.81. The summed E-state index contributed by atoms with van der Waals surface area (Å²) in [7, 11) is 0. The third-order valence-corrected chi connectivity index (χ3v) is 8.55. The maximum atomic E-state index is 6.50. The molecule has 3 aromatic heterocycles. The molecule has 1 aliphatic carbocycles. The molecule has 5 aromatic carbocycles. The molecule has 0 fully saturated rings. The van der Waals surface area contributed by atoms with Gasteiger partial charge in [0.2, 0.25) is 0 Å². The van der Waals surface area contributed by atoms with E-state index in [4.69, 9.17) is 19.4 Å². The van der Waals surface area contributed by atoms with Gasteiger partial charge in [-0.2, -0.15) is 0 Å². The highest BCUT2D eigenvalue weighted by molar-refractivity contribution is 6.11. The van der Waals surface area contributed by atoms with Crippen molar-refractivity contribution in [1.29, 1.82) is 0 Å². The lowest BCUT2D eigenvalue weighted by Gasteiger charge is -2.16. The molecule has 5 heteroatoms. The highest BCUT2D eigenvalue weighted by Crippen LogP contribution is 2.40. The van der Waals surface area contributed by atoms with E-state index >= 15 is 0 Å². The lowest BCUT2D eigenvalue weighted by Crippen LogP contribution is -2.03. The second-order valence-electron chi connectivity index (χ2n) is 11.2. The van der Waals surface area contributed by atoms with Crippen LogP contribution in [0.25, 0.3) is 78.7 Å². The van der Waals surface area contributed by atoms with E-state index < -0.39 is 0 Å². The fourth-order valence-corrected chi connectivity index (χ4v) is 6.48. The van der Waals surface area contributed by atoms with Crippen LogP contribution in [0.15, 0.2) is 132 Å². The van der Waals surface area contributed by atoms with Gasteiger partial charge < -0.3 is 8.98 Å². The van der Waals surface area contributed by atoms with Crippen LogP contribution in [0.1, 0.15) is 17.7 Å². The zero-order valence-corrected chi connectivity index (χ0v) is 23.8. The maximum Gasteiger partial charge on any atom is 0.164 e. The summed E-state index contributed by atoms with van der Waals surface area (Å²) in [5.74, 6) is 2.93. The van der Waals surface area contributed by atoms with Crippen LogP contribution >= 0.6 is 0 Å². The van der Waals surface area contributed by atoms with Crippen molar-refractivity contribution >= 4 is 44.5 Å². The molecule has 44 heavy (non-hydrogen) atoms. The molecule has 0 aliphatic heterocycles. The Morgan fingerprint density at radius 1 is 0.500 bits per heavy atom. The molecule has 5 nitrogen and oxygen atoms in total. The number of rotatable bonds is 4. The fourth-order valence-electron chi connectivity index (χ4n) is 6.48. The number of hydrogen-bond acceptors (Lipinski definition) is 4. The van der Waals surface area contributed by atoms with Crippen LogP contribution < -0.4 is 0 Å². The fraction of sp³-hybridized carbons (Fsp3) is 0.0513. The lowest BCUT2D eigenvalue weighted by atomic mass is 9.99. The SMILES string of the molecule is C1=C(n2c3ccccc3c3ccccc32)CCc2oc3cc(-c4nc(-c5ccccc5)nc(-c5ccccc5)n4)ccc3c21. The van der Waals surface area contributed by atoms with E-state index in [2.05, 4.69) is 77.4 Å². The smallest absolute Gasteiger partial charge is 0.164 e. The molecule has 0 saturated heterocycles. The zero-order chi connectivity index (χ0) is 29.0. The molecule has 0 saturated carbocycles. The summed E-state index contributed by atoms with van der Waals surface area (Å²) in [4.78, 5) is 14.7. The van der Waals surface area contributed by atoms with Gasteiger partial charge in [-0.25, -0.2) is 15.0 Å². The van der Waals surface area contributed by atoms with Gasteiger partial charge in [0.05, 0.1) is 11.0 Å². The van der Waals surface area contributed by atoms with E-state index in [9.17, 15) is 0 Å². The van der Waals surface area contributed by atoms with Crippen LogP contribution in [0.4, 0.5) is 0 Å². The first-order valence-corrected chi connectivity index (χ1v) is 14.9. The number of aromatic nitrogens is 4. The molecule has 9 rings (SSSR count). The third-order valence-electron chi connectivity index (χ3n) is 8.55. The number of hydrogen-bond donors (Lipinski definition) is 0. The Labute approximate surface area is 253 Å². The van der Waals surface area contributed by atoms with Crippen LogP contribution in [0, 0.1) is 0 Å². The Balaban J connectivity index is 1.17. The molecule has 0 radical (unpaired) electrons. The molecule has 0 N–H and O–H groups in total. The van der Waals surface area contributed by atoms with Gasteiger partial charge in [-0.3, -0.25) is 0 Å². The van der Waals surface area contributed by atoms with E-state index in [0.29, 0.717) is 17.5 Å². The minimum absolute atomic E-state index is 0.621. The number of nitrogens with zero attached hydrogens (tertiary/aromatic N) is 4. The van der Waals surface area contributed by atoms with Gasteiger partial charge in [-0.05, 0) is 36.8 Å². The number of aryl methyl sites for hydroxylation is 1. The molecule has 0 spiro atoms. The van der Waals surface area contributed by atoms with E-state index in [1.54, 1.807) is 0 Å². The number of para-hydroxylation sites is 2. The van der Waals surface area contributed by atoms with Crippen LogP contribution in [-0.4, -0.2) is 19.5 Å². The monoisotopic (exact) mass is 566 g/mol.